The molecule has 3 nitrogen and oxygen atoms in total. The molecular formula is C12H25N3. The van der Waals surface area contributed by atoms with Gasteiger partial charge in [0.15, 0.2) is 0 Å². The van der Waals surface area contributed by atoms with Crippen molar-refractivity contribution in [2.24, 2.45) is 0 Å². The second kappa shape index (κ2) is 5.10. The van der Waals surface area contributed by atoms with Gasteiger partial charge in [0.25, 0.3) is 0 Å². The summed E-state index contributed by atoms with van der Waals surface area (Å²) in [6.07, 6.45) is 2.00. The molecule has 0 amide bonds. The van der Waals surface area contributed by atoms with Gasteiger partial charge in [0.05, 0.1) is 0 Å². The zero-order chi connectivity index (χ0) is 11.5. The lowest BCUT2D eigenvalue weighted by Crippen LogP contribution is -2.63. The molecule has 1 saturated heterocycles. The summed E-state index contributed by atoms with van der Waals surface area (Å²) in [5, 5.41) is 3.27. The first-order chi connectivity index (χ1) is 7.01. The molecule has 1 unspecified atom stereocenters. The quantitative estimate of drug-likeness (QED) is 0.694. The molecule has 0 spiro atoms. The first-order valence-electron chi connectivity index (χ1n) is 5.72. The lowest BCUT2D eigenvalue weighted by atomic mass is 9.96. The number of nitrogens with zero attached hydrogens (tertiary/aromatic N) is 2. The highest BCUT2D eigenvalue weighted by molar-refractivity contribution is 4.95. The molecule has 0 aromatic carbocycles. The minimum Gasteiger partial charge on any atom is -0.318 e. The van der Waals surface area contributed by atoms with E-state index in [1.165, 1.54) is 0 Å². The predicted octanol–water partition coefficient (Wildman–Crippen LogP) is 0.786. The predicted molar refractivity (Wildman–Crippen MR) is 66.2 cm³/mol. The fraction of sp³-hybridized carbons (Fsp3) is 0.833. The molecule has 1 atom stereocenters. The molecule has 0 aliphatic carbocycles. The van der Waals surface area contributed by atoms with Gasteiger partial charge >= 0.3 is 0 Å². The van der Waals surface area contributed by atoms with Crippen LogP contribution in [0.1, 0.15) is 13.8 Å². The van der Waals surface area contributed by atoms with Crippen LogP contribution in [-0.2, 0) is 0 Å². The van der Waals surface area contributed by atoms with Crippen molar-refractivity contribution in [3.63, 3.8) is 0 Å². The number of hydrogen-bond donors (Lipinski definition) is 1. The van der Waals surface area contributed by atoms with Crippen LogP contribution in [0.5, 0.6) is 0 Å². The van der Waals surface area contributed by atoms with Gasteiger partial charge in [-0.05, 0) is 27.9 Å². The number of rotatable bonds is 4. The zero-order valence-electron chi connectivity index (χ0n) is 10.6. The Balaban J connectivity index is 2.67. The van der Waals surface area contributed by atoms with Crippen molar-refractivity contribution < 1.29 is 0 Å². The van der Waals surface area contributed by atoms with Crippen LogP contribution in [0.15, 0.2) is 12.7 Å². The Labute approximate surface area is 94.1 Å². The summed E-state index contributed by atoms with van der Waals surface area (Å²) >= 11 is 0. The van der Waals surface area contributed by atoms with E-state index in [-0.39, 0.29) is 5.54 Å². The summed E-state index contributed by atoms with van der Waals surface area (Å²) in [6, 6.07) is 0.603. The third-order valence-corrected chi connectivity index (χ3v) is 3.43. The van der Waals surface area contributed by atoms with Crippen molar-refractivity contribution in [1.82, 2.24) is 15.1 Å². The second-order valence-electron chi connectivity index (χ2n) is 5.12. The van der Waals surface area contributed by atoms with Gasteiger partial charge in [-0.1, -0.05) is 6.08 Å². The van der Waals surface area contributed by atoms with Gasteiger partial charge in [-0.15, -0.1) is 6.58 Å². The molecule has 1 heterocycles. The van der Waals surface area contributed by atoms with E-state index in [4.69, 9.17) is 0 Å². The van der Waals surface area contributed by atoms with Gasteiger partial charge in [-0.3, -0.25) is 9.80 Å². The Morgan fingerprint density at radius 2 is 2.20 bits per heavy atom. The molecule has 15 heavy (non-hydrogen) atoms. The van der Waals surface area contributed by atoms with Crippen molar-refractivity contribution in [3.8, 4) is 0 Å². The van der Waals surface area contributed by atoms with Crippen LogP contribution in [0.4, 0.5) is 0 Å². The number of piperazine rings is 1. The molecule has 1 aliphatic heterocycles. The summed E-state index contributed by atoms with van der Waals surface area (Å²) in [5.41, 5.74) is 0.271. The highest BCUT2D eigenvalue weighted by Crippen LogP contribution is 2.22. The molecule has 0 aromatic heterocycles. The van der Waals surface area contributed by atoms with E-state index >= 15 is 0 Å². The Bertz CT molecular complexity index is 213. The average Bonchev–Trinajstić information content (AvgIpc) is 2.14. The van der Waals surface area contributed by atoms with Crippen LogP contribution in [-0.4, -0.2) is 61.7 Å². The molecule has 88 valence electrons. The fourth-order valence-corrected chi connectivity index (χ4v) is 2.23. The maximum Gasteiger partial charge on any atom is 0.0351 e. The number of nitrogens with one attached hydrogen (secondary N) is 1. The van der Waals surface area contributed by atoms with E-state index in [9.17, 15) is 0 Å². The first-order valence-corrected chi connectivity index (χ1v) is 5.72. The summed E-state index contributed by atoms with van der Waals surface area (Å²) < 4.78 is 0. The van der Waals surface area contributed by atoms with Crippen LogP contribution < -0.4 is 5.32 Å². The SMILES string of the molecule is C=CCN1CC(C)(C)N(C)CC1CNC. The molecular weight excluding hydrogens is 186 g/mol. The molecule has 0 radical (unpaired) electrons. The van der Waals surface area contributed by atoms with E-state index in [1.54, 1.807) is 0 Å². The minimum absolute atomic E-state index is 0.271. The van der Waals surface area contributed by atoms with Crippen molar-refractivity contribution in [1.29, 1.82) is 0 Å². The molecule has 1 N–H and O–H groups in total. The first kappa shape index (κ1) is 12.7. The van der Waals surface area contributed by atoms with Gasteiger partial charge in [0.2, 0.25) is 0 Å². The molecule has 1 fully saturated rings. The fourth-order valence-electron chi connectivity index (χ4n) is 2.23. The summed E-state index contributed by atoms with van der Waals surface area (Å²) in [6.45, 7) is 12.7. The molecule has 1 aliphatic rings. The van der Waals surface area contributed by atoms with E-state index in [1.807, 2.05) is 13.1 Å². The summed E-state index contributed by atoms with van der Waals surface area (Å²) in [7, 11) is 4.24. The van der Waals surface area contributed by atoms with Crippen LogP contribution in [0.25, 0.3) is 0 Å². The minimum atomic E-state index is 0.271. The lowest BCUT2D eigenvalue weighted by Gasteiger charge is -2.49. The second-order valence-corrected chi connectivity index (χ2v) is 5.12. The standard InChI is InChI=1S/C12H25N3/c1-6-7-15-10-12(2,3)14(5)9-11(15)8-13-4/h6,11,13H,1,7-10H2,2-5H3. The van der Waals surface area contributed by atoms with Gasteiger partial charge in [0.1, 0.15) is 0 Å². The Hall–Kier alpha value is -0.380. The van der Waals surface area contributed by atoms with Crippen LogP contribution >= 0.6 is 0 Å². The van der Waals surface area contributed by atoms with Crippen molar-refractivity contribution >= 4 is 0 Å². The third kappa shape index (κ3) is 3.03. The van der Waals surface area contributed by atoms with Crippen molar-refractivity contribution in [3.05, 3.63) is 12.7 Å². The Morgan fingerprint density at radius 3 is 2.73 bits per heavy atom. The maximum atomic E-state index is 3.84. The smallest absolute Gasteiger partial charge is 0.0351 e. The van der Waals surface area contributed by atoms with Crippen molar-refractivity contribution in [2.75, 3.05) is 40.3 Å². The third-order valence-electron chi connectivity index (χ3n) is 3.43. The van der Waals surface area contributed by atoms with Gasteiger partial charge < -0.3 is 5.32 Å². The van der Waals surface area contributed by atoms with E-state index in [2.05, 4.69) is 42.6 Å². The summed E-state index contributed by atoms with van der Waals surface area (Å²) in [5.74, 6) is 0. The maximum absolute atomic E-state index is 3.84. The topological polar surface area (TPSA) is 18.5 Å². The van der Waals surface area contributed by atoms with Crippen LogP contribution in [0, 0.1) is 0 Å². The Kier molecular flexibility index (Phi) is 4.32. The number of likely N-dealkylation sites (N-methyl/N-ethyl adjacent to an activating group) is 2. The monoisotopic (exact) mass is 211 g/mol. The van der Waals surface area contributed by atoms with Gasteiger partial charge in [-0.2, -0.15) is 0 Å². The van der Waals surface area contributed by atoms with Crippen molar-refractivity contribution in [2.45, 2.75) is 25.4 Å². The molecule has 1 rings (SSSR count). The Morgan fingerprint density at radius 1 is 1.53 bits per heavy atom. The largest absolute Gasteiger partial charge is 0.318 e. The highest BCUT2D eigenvalue weighted by atomic mass is 15.3. The molecule has 0 bridgehead atoms. The lowest BCUT2D eigenvalue weighted by molar-refractivity contribution is 0.00621. The van der Waals surface area contributed by atoms with Crippen LogP contribution in [0.3, 0.4) is 0 Å². The molecule has 0 saturated carbocycles. The zero-order valence-corrected chi connectivity index (χ0v) is 10.6. The van der Waals surface area contributed by atoms with E-state index < -0.39 is 0 Å². The molecule has 3 heteroatoms. The van der Waals surface area contributed by atoms with E-state index in [0.29, 0.717) is 6.04 Å². The highest BCUT2D eigenvalue weighted by Gasteiger charge is 2.35. The van der Waals surface area contributed by atoms with Gasteiger partial charge in [0, 0.05) is 37.8 Å². The summed E-state index contributed by atoms with van der Waals surface area (Å²) in [4.78, 5) is 4.97. The molecule has 0 aromatic rings. The average molecular weight is 211 g/mol. The normalized spacial score (nSPS) is 27.9. The van der Waals surface area contributed by atoms with Gasteiger partial charge in [-0.25, -0.2) is 0 Å². The van der Waals surface area contributed by atoms with Crippen LogP contribution in [0.2, 0.25) is 0 Å². The van der Waals surface area contributed by atoms with E-state index in [0.717, 1.165) is 26.2 Å². The number of hydrogen-bond acceptors (Lipinski definition) is 3.